The van der Waals surface area contributed by atoms with Gasteiger partial charge in [-0.15, -0.1) is 0 Å². The van der Waals surface area contributed by atoms with Crippen molar-refractivity contribution >= 4 is 5.97 Å². The molecule has 0 heterocycles. The van der Waals surface area contributed by atoms with Crippen LogP contribution in [0.15, 0.2) is 0 Å². The summed E-state index contributed by atoms with van der Waals surface area (Å²) in [7, 11) is 0. The molecule has 2 nitrogen and oxygen atoms in total. The fourth-order valence-electron chi connectivity index (χ4n) is 2.26. The predicted octanol–water partition coefficient (Wildman–Crippen LogP) is 4.87. The number of hydrogen-bond acceptors (Lipinski definition) is 1. The fourth-order valence-corrected chi connectivity index (χ4v) is 2.26. The Morgan fingerprint density at radius 2 is 1.65 bits per heavy atom. The first-order valence-corrected chi connectivity index (χ1v) is 7.22. The monoisotopic (exact) mass is 242 g/mol. The number of hydrogen-bond donors (Lipinski definition) is 1. The van der Waals surface area contributed by atoms with Crippen LogP contribution in [0.5, 0.6) is 0 Å². The van der Waals surface area contributed by atoms with Gasteiger partial charge in [0.2, 0.25) is 0 Å². The molecule has 0 rings (SSSR count). The molecule has 2 unspecified atom stereocenters. The van der Waals surface area contributed by atoms with Crippen LogP contribution < -0.4 is 0 Å². The topological polar surface area (TPSA) is 37.3 Å². The lowest BCUT2D eigenvalue weighted by Gasteiger charge is -2.30. The van der Waals surface area contributed by atoms with Gasteiger partial charge in [0.15, 0.2) is 0 Å². The van der Waals surface area contributed by atoms with Crippen molar-refractivity contribution in [2.24, 2.45) is 11.3 Å². The van der Waals surface area contributed by atoms with Gasteiger partial charge in [0.05, 0.1) is 5.41 Å². The van der Waals surface area contributed by atoms with Gasteiger partial charge in [0, 0.05) is 0 Å². The highest BCUT2D eigenvalue weighted by Gasteiger charge is 2.36. The molecular weight excluding hydrogens is 212 g/mol. The number of rotatable bonds is 10. The molecule has 0 aliphatic heterocycles. The van der Waals surface area contributed by atoms with E-state index >= 15 is 0 Å². The maximum Gasteiger partial charge on any atom is 0.309 e. The maximum absolute atomic E-state index is 11.3. The average molecular weight is 242 g/mol. The fraction of sp³-hybridized carbons (Fsp3) is 0.933. The van der Waals surface area contributed by atoms with E-state index in [2.05, 4.69) is 13.8 Å². The number of unbranched alkanes of at least 4 members (excludes halogenated alkanes) is 5. The smallest absolute Gasteiger partial charge is 0.309 e. The second-order valence-electron chi connectivity index (χ2n) is 5.53. The quantitative estimate of drug-likeness (QED) is 0.555. The van der Waals surface area contributed by atoms with Crippen molar-refractivity contribution in [1.82, 2.24) is 0 Å². The molecule has 1 N–H and O–H groups in total. The van der Waals surface area contributed by atoms with E-state index in [4.69, 9.17) is 0 Å². The molecule has 0 spiro atoms. The Morgan fingerprint density at radius 1 is 1.12 bits per heavy atom. The molecule has 0 amide bonds. The van der Waals surface area contributed by atoms with Gasteiger partial charge in [-0.1, -0.05) is 59.3 Å². The van der Waals surface area contributed by atoms with Gasteiger partial charge in [0.1, 0.15) is 0 Å². The minimum absolute atomic E-state index is 0.274. The van der Waals surface area contributed by atoms with Crippen molar-refractivity contribution in [2.45, 2.75) is 79.1 Å². The second-order valence-corrected chi connectivity index (χ2v) is 5.53. The van der Waals surface area contributed by atoms with Gasteiger partial charge in [-0.3, -0.25) is 4.79 Å². The van der Waals surface area contributed by atoms with Crippen LogP contribution in [-0.2, 0) is 4.79 Å². The minimum Gasteiger partial charge on any atom is -0.481 e. The zero-order valence-electron chi connectivity index (χ0n) is 12.1. The molecule has 0 aromatic rings. The third-order valence-corrected chi connectivity index (χ3v) is 4.30. The van der Waals surface area contributed by atoms with E-state index in [1.54, 1.807) is 0 Å². The summed E-state index contributed by atoms with van der Waals surface area (Å²) in [6.45, 7) is 8.17. The predicted molar refractivity (Wildman–Crippen MR) is 73.2 cm³/mol. The van der Waals surface area contributed by atoms with E-state index in [0.717, 1.165) is 12.8 Å². The number of aliphatic carboxylic acids is 1. The molecule has 0 saturated carbocycles. The van der Waals surface area contributed by atoms with Gasteiger partial charge >= 0.3 is 5.97 Å². The highest BCUT2D eigenvalue weighted by Crippen LogP contribution is 2.34. The van der Waals surface area contributed by atoms with Crippen molar-refractivity contribution in [3.63, 3.8) is 0 Å². The number of carbonyl (C=O) groups is 1. The van der Waals surface area contributed by atoms with Crippen molar-refractivity contribution in [3.8, 4) is 0 Å². The normalized spacial score (nSPS) is 16.5. The SMILES string of the molecule is CCCCCCCCC(C)C(C)(CC)C(=O)O. The summed E-state index contributed by atoms with van der Waals surface area (Å²) in [5.41, 5.74) is -0.538. The highest BCUT2D eigenvalue weighted by atomic mass is 16.4. The molecule has 0 aromatic carbocycles. The van der Waals surface area contributed by atoms with Crippen LogP contribution in [0.2, 0.25) is 0 Å². The van der Waals surface area contributed by atoms with E-state index in [1.807, 2.05) is 13.8 Å². The Kier molecular flexibility index (Phi) is 8.28. The third kappa shape index (κ3) is 5.56. The van der Waals surface area contributed by atoms with Gasteiger partial charge in [-0.2, -0.15) is 0 Å². The molecule has 0 aliphatic carbocycles. The van der Waals surface area contributed by atoms with Crippen molar-refractivity contribution in [3.05, 3.63) is 0 Å². The third-order valence-electron chi connectivity index (χ3n) is 4.30. The molecule has 2 atom stereocenters. The first kappa shape index (κ1) is 16.5. The number of carboxylic acids is 1. The lowest BCUT2D eigenvalue weighted by Crippen LogP contribution is -2.33. The molecule has 0 aliphatic rings. The zero-order valence-corrected chi connectivity index (χ0v) is 12.1. The summed E-state index contributed by atoms with van der Waals surface area (Å²) in [5.74, 6) is -0.366. The van der Waals surface area contributed by atoms with E-state index in [9.17, 15) is 9.90 Å². The molecule has 17 heavy (non-hydrogen) atoms. The van der Waals surface area contributed by atoms with E-state index in [1.165, 1.54) is 38.5 Å². The Balaban J connectivity index is 3.84. The Morgan fingerprint density at radius 3 is 2.12 bits per heavy atom. The summed E-state index contributed by atoms with van der Waals surface area (Å²) in [6, 6.07) is 0. The molecule has 0 bridgehead atoms. The second kappa shape index (κ2) is 8.54. The molecule has 0 aromatic heterocycles. The highest BCUT2D eigenvalue weighted by molar-refractivity contribution is 5.74. The standard InChI is InChI=1S/C15H30O2/c1-5-7-8-9-10-11-12-13(3)15(4,6-2)14(16)17/h13H,5-12H2,1-4H3,(H,16,17). The summed E-state index contributed by atoms with van der Waals surface area (Å²) >= 11 is 0. The van der Waals surface area contributed by atoms with E-state index in [0.29, 0.717) is 0 Å². The summed E-state index contributed by atoms with van der Waals surface area (Å²) in [4.78, 5) is 11.3. The van der Waals surface area contributed by atoms with Crippen molar-refractivity contribution < 1.29 is 9.90 Å². The van der Waals surface area contributed by atoms with E-state index < -0.39 is 11.4 Å². The van der Waals surface area contributed by atoms with Gasteiger partial charge in [-0.25, -0.2) is 0 Å². The summed E-state index contributed by atoms with van der Waals surface area (Å²) in [6.07, 6.45) is 9.44. The van der Waals surface area contributed by atoms with Crippen LogP contribution in [0, 0.1) is 11.3 Å². The minimum atomic E-state index is -0.640. The van der Waals surface area contributed by atoms with Crippen LogP contribution in [-0.4, -0.2) is 11.1 Å². The van der Waals surface area contributed by atoms with Crippen LogP contribution in [0.1, 0.15) is 79.1 Å². The largest absolute Gasteiger partial charge is 0.481 e. The molecular formula is C15H30O2. The van der Waals surface area contributed by atoms with Crippen LogP contribution >= 0.6 is 0 Å². The molecule has 0 radical (unpaired) electrons. The van der Waals surface area contributed by atoms with E-state index in [-0.39, 0.29) is 5.92 Å². The lowest BCUT2D eigenvalue weighted by molar-refractivity contribution is -0.151. The average Bonchev–Trinajstić information content (AvgIpc) is 2.31. The van der Waals surface area contributed by atoms with Crippen LogP contribution in [0.3, 0.4) is 0 Å². The summed E-state index contributed by atoms with van der Waals surface area (Å²) in [5, 5.41) is 9.28. The molecule has 102 valence electrons. The van der Waals surface area contributed by atoms with Crippen LogP contribution in [0.25, 0.3) is 0 Å². The number of carboxylic acid groups (broad SMARTS) is 1. The Labute approximate surface area is 107 Å². The zero-order chi connectivity index (χ0) is 13.3. The summed E-state index contributed by atoms with van der Waals surface area (Å²) < 4.78 is 0. The first-order chi connectivity index (χ1) is 7.99. The van der Waals surface area contributed by atoms with Crippen molar-refractivity contribution in [2.75, 3.05) is 0 Å². The molecule has 0 saturated heterocycles. The maximum atomic E-state index is 11.3. The molecule has 0 fully saturated rings. The molecule has 2 heteroatoms. The van der Waals surface area contributed by atoms with Crippen molar-refractivity contribution in [1.29, 1.82) is 0 Å². The van der Waals surface area contributed by atoms with Gasteiger partial charge in [0.25, 0.3) is 0 Å². The lowest BCUT2D eigenvalue weighted by atomic mass is 9.73. The Hall–Kier alpha value is -0.530. The van der Waals surface area contributed by atoms with Crippen LogP contribution in [0.4, 0.5) is 0 Å². The first-order valence-electron chi connectivity index (χ1n) is 7.22. The van der Waals surface area contributed by atoms with Gasteiger partial charge in [-0.05, 0) is 25.7 Å². The van der Waals surface area contributed by atoms with Gasteiger partial charge < -0.3 is 5.11 Å². The Bertz CT molecular complexity index is 213.